The maximum absolute atomic E-state index is 13.4. The predicted molar refractivity (Wildman–Crippen MR) is 128 cm³/mol. The molecular formula is C24H33N3O3S2. The van der Waals surface area contributed by atoms with Gasteiger partial charge >= 0.3 is 0 Å². The molecular weight excluding hydrogens is 442 g/mol. The maximum atomic E-state index is 13.4. The fraction of sp³-hybridized carbons (Fsp3) is 0.667. The van der Waals surface area contributed by atoms with Gasteiger partial charge in [-0.3, -0.25) is 4.79 Å². The molecule has 6 rings (SSSR count). The molecule has 0 saturated heterocycles. The van der Waals surface area contributed by atoms with E-state index in [2.05, 4.69) is 10.3 Å². The highest BCUT2D eigenvalue weighted by atomic mass is 32.2. The van der Waals surface area contributed by atoms with Gasteiger partial charge in [0, 0.05) is 12.1 Å². The van der Waals surface area contributed by atoms with Crippen LogP contribution in [0, 0.1) is 23.2 Å². The van der Waals surface area contributed by atoms with Crippen LogP contribution in [-0.4, -0.2) is 35.7 Å². The molecule has 1 aromatic heterocycles. The van der Waals surface area contributed by atoms with Crippen LogP contribution in [0.2, 0.25) is 0 Å². The summed E-state index contributed by atoms with van der Waals surface area (Å²) in [5, 5.41) is 3.68. The Morgan fingerprint density at radius 2 is 1.62 bits per heavy atom. The number of hydrogen-bond acceptors (Lipinski definition) is 5. The SMILES string of the molecule is CC(C)N(C(C)C)S(=O)(=O)c1ccc2nc(NC(=O)C34CC5CC(CC(C5)C3)C4)sc2c1. The molecule has 1 aromatic carbocycles. The fourth-order valence-corrected chi connectivity index (χ4v) is 9.85. The van der Waals surface area contributed by atoms with E-state index in [-0.39, 0.29) is 28.3 Å². The number of fused-ring (bicyclic) bond motifs is 1. The summed E-state index contributed by atoms with van der Waals surface area (Å²) < 4.78 is 28.8. The number of nitrogens with zero attached hydrogens (tertiary/aromatic N) is 2. The van der Waals surface area contributed by atoms with Gasteiger partial charge < -0.3 is 5.32 Å². The van der Waals surface area contributed by atoms with Crippen molar-refractivity contribution in [1.82, 2.24) is 9.29 Å². The highest BCUT2D eigenvalue weighted by Gasteiger charge is 2.54. The minimum Gasteiger partial charge on any atom is -0.301 e. The molecule has 1 amide bonds. The summed E-state index contributed by atoms with van der Waals surface area (Å²) in [7, 11) is -3.61. The molecule has 4 aliphatic carbocycles. The molecule has 0 radical (unpaired) electrons. The number of aromatic nitrogens is 1. The highest BCUT2D eigenvalue weighted by molar-refractivity contribution is 7.89. The number of carbonyl (C=O) groups excluding carboxylic acids is 1. The minimum absolute atomic E-state index is 0.120. The van der Waals surface area contributed by atoms with E-state index in [1.807, 2.05) is 27.7 Å². The van der Waals surface area contributed by atoms with Crippen LogP contribution in [0.25, 0.3) is 10.2 Å². The smallest absolute Gasteiger partial charge is 0.243 e. The third-order valence-corrected chi connectivity index (χ3v) is 10.9. The Labute approximate surface area is 194 Å². The van der Waals surface area contributed by atoms with Crippen molar-refractivity contribution in [3.05, 3.63) is 18.2 Å². The monoisotopic (exact) mass is 475 g/mol. The fourth-order valence-electron chi connectivity index (χ4n) is 7.01. The van der Waals surface area contributed by atoms with Crippen LogP contribution in [0.3, 0.4) is 0 Å². The van der Waals surface area contributed by atoms with E-state index in [1.54, 1.807) is 18.2 Å². The summed E-state index contributed by atoms with van der Waals surface area (Å²) in [4.78, 5) is 18.2. The highest BCUT2D eigenvalue weighted by Crippen LogP contribution is 2.60. The summed E-state index contributed by atoms with van der Waals surface area (Å²) in [5.41, 5.74) is 0.492. The molecule has 0 atom stereocenters. The average Bonchev–Trinajstić information content (AvgIpc) is 3.07. The third kappa shape index (κ3) is 3.68. The molecule has 174 valence electrons. The number of thiazole rings is 1. The van der Waals surface area contributed by atoms with Gasteiger partial charge in [0.15, 0.2) is 5.13 Å². The van der Waals surface area contributed by atoms with Crippen molar-refractivity contribution in [2.24, 2.45) is 23.2 Å². The lowest BCUT2D eigenvalue weighted by atomic mass is 9.49. The van der Waals surface area contributed by atoms with Gasteiger partial charge in [0.05, 0.1) is 20.5 Å². The van der Waals surface area contributed by atoms with Gasteiger partial charge in [-0.05, 0) is 102 Å². The number of anilines is 1. The Morgan fingerprint density at radius 1 is 1.06 bits per heavy atom. The molecule has 4 fully saturated rings. The third-order valence-electron chi connectivity index (χ3n) is 7.69. The van der Waals surface area contributed by atoms with Crippen LogP contribution in [-0.2, 0) is 14.8 Å². The van der Waals surface area contributed by atoms with Gasteiger partial charge in [0.2, 0.25) is 15.9 Å². The van der Waals surface area contributed by atoms with Crippen molar-refractivity contribution >= 4 is 42.6 Å². The zero-order valence-electron chi connectivity index (χ0n) is 19.3. The summed E-state index contributed by atoms with van der Waals surface area (Å²) >= 11 is 1.36. The average molecular weight is 476 g/mol. The summed E-state index contributed by atoms with van der Waals surface area (Å²) in [5.74, 6) is 2.24. The molecule has 4 saturated carbocycles. The Bertz CT molecular complexity index is 1110. The predicted octanol–water partition coefficient (Wildman–Crippen LogP) is 5.26. The molecule has 4 aliphatic rings. The first-order valence-electron chi connectivity index (χ1n) is 11.8. The van der Waals surface area contributed by atoms with Gasteiger partial charge in [-0.2, -0.15) is 4.31 Å². The first kappa shape index (κ1) is 22.3. The van der Waals surface area contributed by atoms with Crippen LogP contribution in [0.15, 0.2) is 23.1 Å². The van der Waals surface area contributed by atoms with E-state index in [4.69, 9.17) is 0 Å². The van der Waals surface area contributed by atoms with E-state index in [0.717, 1.165) is 29.5 Å². The van der Waals surface area contributed by atoms with Crippen LogP contribution in [0.4, 0.5) is 5.13 Å². The largest absolute Gasteiger partial charge is 0.301 e. The Kier molecular flexibility index (Phi) is 5.42. The summed E-state index contributed by atoms with van der Waals surface area (Å²) in [6.07, 6.45) is 6.94. The van der Waals surface area contributed by atoms with Gasteiger partial charge in [0.1, 0.15) is 0 Å². The van der Waals surface area contributed by atoms with Gasteiger partial charge in [-0.25, -0.2) is 13.4 Å². The van der Waals surface area contributed by atoms with Crippen molar-refractivity contribution in [3.63, 3.8) is 0 Å². The first-order chi connectivity index (χ1) is 15.1. The second-order valence-corrected chi connectivity index (χ2v) is 13.7. The standard InChI is InChI=1S/C24H33N3O3S2/c1-14(2)27(15(3)4)32(29,30)19-5-6-20-21(10-19)31-23(25-20)26-22(28)24-11-16-7-17(12-24)9-18(8-16)13-24/h5-6,10,14-18H,7-9,11-13H2,1-4H3,(H,25,26,28). The number of amides is 1. The quantitative estimate of drug-likeness (QED) is 0.618. The summed E-state index contributed by atoms with van der Waals surface area (Å²) in [6.45, 7) is 7.56. The molecule has 32 heavy (non-hydrogen) atoms. The normalized spacial score (nSPS) is 29.5. The second-order valence-electron chi connectivity index (χ2n) is 10.8. The molecule has 0 aliphatic heterocycles. The van der Waals surface area contributed by atoms with Crippen LogP contribution in [0.5, 0.6) is 0 Å². The Balaban J connectivity index is 1.40. The zero-order valence-corrected chi connectivity index (χ0v) is 20.9. The molecule has 0 unspecified atom stereocenters. The zero-order chi connectivity index (χ0) is 22.8. The lowest BCUT2D eigenvalue weighted by Gasteiger charge is -2.55. The Morgan fingerprint density at radius 3 is 2.16 bits per heavy atom. The van der Waals surface area contributed by atoms with E-state index in [0.29, 0.717) is 22.9 Å². The van der Waals surface area contributed by atoms with E-state index < -0.39 is 10.0 Å². The van der Waals surface area contributed by atoms with E-state index >= 15 is 0 Å². The molecule has 0 spiro atoms. The molecule has 8 heteroatoms. The van der Waals surface area contributed by atoms with Gasteiger partial charge in [-0.1, -0.05) is 11.3 Å². The topological polar surface area (TPSA) is 79.4 Å². The summed E-state index contributed by atoms with van der Waals surface area (Å²) in [6, 6.07) is 4.80. The first-order valence-corrected chi connectivity index (χ1v) is 14.1. The molecule has 4 bridgehead atoms. The van der Waals surface area contributed by atoms with Crippen LogP contribution >= 0.6 is 11.3 Å². The van der Waals surface area contributed by atoms with Crippen LogP contribution in [0.1, 0.15) is 66.2 Å². The van der Waals surface area contributed by atoms with Gasteiger partial charge in [0.25, 0.3) is 0 Å². The van der Waals surface area contributed by atoms with E-state index in [1.165, 1.54) is 34.9 Å². The second kappa shape index (κ2) is 7.77. The van der Waals surface area contributed by atoms with Gasteiger partial charge in [-0.15, -0.1) is 0 Å². The van der Waals surface area contributed by atoms with Crippen LogP contribution < -0.4 is 5.32 Å². The minimum atomic E-state index is -3.61. The lowest BCUT2D eigenvalue weighted by molar-refractivity contribution is -0.140. The number of carbonyl (C=O) groups is 1. The van der Waals surface area contributed by atoms with Crippen molar-refractivity contribution in [3.8, 4) is 0 Å². The number of sulfonamides is 1. The van der Waals surface area contributed by atoms with Crippen molar-refractivity contribution < 1.29 is 13.2 Å². The number of benzene rings is 1. The van der Waals surface area contributed by atoms with Crippen molar-refractivity contribution in [1.29, 1.82) is 0 Å². The lowest BCUT2D eigenvalue weighted by Crippen LogP contribution is -2.51. The van der Waals surface area contributed by atoms with Crippen molar-refractivity contribution in [2.45, 2.75) is 83.2 Å². The van der Waals surface area contributed by atoms with Crippen molar-refractivity contribution in [2.75, 3.05) is 5.32 Å². The number of nitrogens with one attached hydrogen (secondary N) is 1. The Hall–Kier alpha value is -1.51. The number of rotatable bonds is 6. The molecule has 6 nitrogen and oxygen atoms in total. The maximum Gasteiger partial charge on any atom is 0.243 e. The molecule has 1 heterocycles. The number of hydrogen-bond donors (Lipinski definition) is 1. The molecule has 2 aromatic rings. The molecule has 1 N–H and O–H groups in total. The van der Waals surface area contributed by atoms with E-state index in [9.17, 15) is 13.2 Å².